The Morgan fingerprint density at radius 3 is 2.50 bits per heavy atom. The van der Waals surface area contributed by atoms with Gasteiger partial charge in [0.05, 0.1) is 18.5 Å². The van der Waals surface area contributed by atoms with Gasteiger partial charge in [0.25, 0.3) is 0 Å². The highest BCUT2D eigenvalue weighted by atomic mass is 16.3. The van der Waals surface area contributed by atoms with E-state index in [1.54, 1.807) is 12.4 Å². The van der Waals surface area contributed by atoms with Crippen LogP contribution in [0.5, 0.6) is 0 Å². The maximum Gasteiger partial charge on any atom is 0.146 e. The summed E-state index contributed by atoms with van der Waals surface area (Å²) in [7, 11) is 0. The van der Waals surface area contributed by atoms with Gasteiger partial charge in [0, 0.05) is 13.1 Å². The van der Waals surface area contributed by atoms with Gasteiger partial charge >= 0.3 is 0 Å². The van der Waals surface area contributed by atoms with Crippen LogP contribution in [0.4, 0.5) is 11.6 Å². The van der Waals surface area contributed by atoms with Crippen molar-refractivity contribution < 1.29 is 5.11 Å². The monoisotopic (exact) mass is 250 g/mol. The van der Waals surface area contributed by atoms with Crippen molar-refractivity contribution in [2.45, 2.75) is 38.7 Å². The molecule has 0 saturated heterocycles. The van der Waals surface area contributed by atoms with Crippen LogP contribution >= 0.6 is 0 Å². The Morgan fingerprint density at radius 2 is 1.83 bits per heavy atom. The molecule has 1 fully saturated rings. The molecule has 2 rings (SSSR count). The third-order valence-corrected chi connectivity index (χ3v) is 3.38. The molecule has 0 amide bonds. The average molecular weight is 250 g/mol. The SMILES string of the molecule is CCNc1cncc(NCC2CCC(O)CC2)n1. The molecule has 1 aliphatic rings. The lowest BCUT2D eigenvalue weighted by atomic mass is 9.87. The number of aromatic nitrogens is 2. The molecule has 5 heteroatoms. The fourth-order valence-electron chi connectivity index (χ4n) is 2.32. The lowest BCUT2D eigenvalue weighted by Gasteiger charge is -2.25. The topological polar surface area (TPSA) is 70.1 Å². The Hall–Kier alpha value is -1.36. The molecule has 0 radical (unpaired) electrons. The molecule has 1 aromatic rings. The number of aliphatic hydroxyl groups excluding tert-OH is 1. The molecular formula is C13H22N4O. The molecule has 1 aliphatic carbocycles. The molecule has 1 heterocycles. The van der Waals surface area contributed by atoms with E-state index in [1.165, 1.54) is 0 Å². The summed E-state index contributed by atoms with van der Waals surface area (Å²) < 4.78 is 0. The van der Waals surface area contributed by atoms with Crippen LogP contribution in [0.25, 0.3) is 0 Å². The summed E-state index contributed by atoms with van der Waals surface area (Å²) in [5.74, 6) is 2.26. The molecule has 0 aliphatic heterocycles. The van der Waals surface area contributed by atoms with Gasteiger partial charge in [0.2, 0.25) is 0 Å². The normalized spacial score (nSPS) is 23.7. The molecule has 0 atom stereocenters. The Morgan fingerprint density at radius 1 is 1.17 bits per heavy atom. The quantitative estimate of drug-likeness (QED) is 0.744. The third kappa shape index (κ3) is 3.84. The summed E-state index contributed by atoms with van der Waals surface area (Å²) in [6, 6.07) is 0. The molecule has 1 saturated carbocycles. The van der Waals surface area contributed by atoms with Crippen LogP contribution in [0.15, 0.2) is 12.4 Å². The van der Waals surface area contributed by atoms with Crippen molar-refractivity contribution in [3.05, 3.63) is 12.4 Å². The Labute approximate surface area is 108 Å². The molecule has 100 valence electrons. The summed E-state index contributed by atoms with van der Waals surface area (Å²) >= 11 is 0. The summed E-state index contributed by atoms with van der Waals surface area (Å²) in [5.41, 5.74) is 0. The smallest absolute Gasteiger partial charge is 0.146 e. The second-order valence-corrected chi connectivity index (χ2v) is 4.88. The Bertz CT molecular complexity index is 364. The lowest BCUT2D eigenvalue weighted by Crippen LogP contribution is -2.23. The fourth-order valence-corrected chi connectivity index (χ4v) is 2.32. The first-order valence-corrected chi connectivity index (χ1v) is 6.75. The van der Waals surface area contributed by atoms with Crippen LogP contribution in [0, 0.1) is 5.92 Å². The van der Waals surface area contributed by atoms with E-state index >= 15 is 0 Å². The molecule has 0 unspecified atom stereocenters. The predicted octanol–water partition coefficient (Wildman–Crippen LogP) is 1.87. The number of nitrogens with zero attached hydrogens (tertiary/aromatic N) is 2. The first-order valence-electron chi connectivity index (χ1n) is 6.75. The minimum absolute atomic E-state index is 0.0851. The van der Waals surface area contributed by atoms with Crippen molar-refractivity contribution >= 4 is 11.6 Å². The van der Waals surface area contributed by atoms with E-state index in [-0.39, 0.29) is 6.10 Å². The van der Waals surface area contributed by atoms with Gasteiger partial charge in [-0.3, -0.25) is 4.98 Å². The van der Waals surface area contributed by atoms with Gasteiger partial charge in [-0.25, -0.2) is 4.98 Å². The molecule has 0 spiro atoms. The minimum Gasteiger partial charge on any atom is -0.393 e. The van der Waals surface area contributed by atoms with E-state index < -0.39 is 0 Å². The van der Waals surface area contributed by atoms with Crippen molar-refractivity contribution in [2.24, 2.45) is 5.92 Å². The summed E-state index contributed by atoms with van der Waals surface area (Å²) in [6.07, 6.45) is 7.43. The van der Waals surface area contributed by atoms with Gasteiger partial charge in [0.15, 0.2) is 0 Å². The van der Waals surface area contributed by atoms with Crippen LogP contribution in [0.3, 0.4) is 0 Å². The van der Waals surface area contributed by atoms with Gasteiger partial charge in [0.1, 0.15) is 11.6 Å². The van der Waals surface area contributed by atoms with Gasteiger partial charge in [-0.1, -0.05) is 0 Å². The van der Waals surface area contributed by atoms with E-state index in [0.717, 1.165) is 50.4 Å². The van der Waals surface area contributed by atoms with Gasteiger partial charge < -0.3 is 15.7 Å². The van der Waals surface area contributed by atoms with Gasteiger partial charge in [-0.2, -0.15) is 0 Å². The summed E-state index contributed by atoms with van der Waals surface area (Å²) in [4.78, 5) is 8.58. The lowest BCUT2D eigenvalue weighted by molar-refractivity contribution is 0.111. The van der Waals surface area contributed by atoms with Gasteiger partial charge in [-0.05, 0) is 38.5 Å². The first kappa shape index (κ1) is 13.1. The highest BCUT2D eigenvalue weighted by Gasteiger charge is 2.19. The molecule has 0 aromatic carbocycles. The van der Waals surface area contributed by atoms with E-state index in [2.05, 4.69) is 20.6 Å². The minimum atomic E-state index is -0.0851. The largest absolute Gasteiger partial charge is 0.393 e. The third-order valence-electron chi connectivity index (χ3n) is 3.38. The number of aliphatic hydroxyl groups is 1. The highest BCUT2D eigenvalue weighted by Crippen LogP contribution is 2.24. The number of nitrogens with one attached hydrogen (secondary N) is 2. The zero-order valence-corrected chi connectivity index (χ0v) is 10.9. The van der Waals surface area contributed by atoms with Crippen molar-refractivity contribution in [3.8, 4) is 0 Å². The molecule has 1 aromatic heterocycles. The van der Waals surface area contributed by atoms with Crippen molar-refractivity contribution in [1.29, 1.82) is 0 Å². The average Bonchev–Trinajstić information content (AvgIpc) is 2.39. The van der Waals surface area contributed by atoms with Crippen LogP contribution in [-0.4, -0.2) is 34.3 Å². The standard InChI is InChI=1S/C13H22N4O/c1-2-15-12-8-14-9-13(17-12)16-7-10-3-5-11(18)6-4-10/h8-11,18H,2-7H2,1H3,(H2,15,16,17). The van der Waals surface area contributed by atoms with Gasteiger partial charge in [-0.15, -0.1) is 0 Å². The van der Waals surface area contributed by atoms with Crippen molar-refractivity contribution in [1.82, 2.24) is 9.97 Å². The molecule has 5 nitrogen and oxygen atoms in total. The van der Waals surface area contributed by atoms with E-state index in [9.17, 15) is 5.11 Å². The number of anilines is 2. The molecule has 18 heavy (non-hydrogen) atoms. The zero-order chi connectivity index (χ0) is 12.8. The van der Waals surface area contributed by atoms with Crippen LogP contribution in [0.1, 0.15) is 32.6 Å². The fraction of sp³-hybridized carbons (Fsp3) is 0.692. The molecule has 0 bridgehead atoms. The number of hydrogen-bond donors (Lipinski definition) is 3. The van der Waals surface area contributed by atoms with Crippen molar-refractivity contribution in [3.63, 3.8) is 0 Å². The summed E-state index contributed by atoms with van der Waals surface area (Å²) in [5, 5.41) is 15.9. The number of hydrogen-bond acceptors (Lipinski definition) is 5. The van der Waals surface area contributed by atoms with Crippen molar-refractivity contribution in [2.75, 3.05) is 23.7 Å². The van der Waals surface area contributed by atoms with E-state index in [0.29, 0.717) is 5.92 Å². The second kappa shape index (κ2) is 6.54. The highest BCUT2D eigenvalue weighted by molar-refractivity contribution is 5.41. The predicted molar refractivity (Wildman–Crippen MR) is 72.7 cm³/mol. The van der Waals surface area contributed by atoms with Crippen LogP contribution in [0.2, 0.25) is 0 Å². The molecular weight excluding hydrogens is 228 g/mol. The maximum absolute atomic E-state index is 9.46. The first-order chi connectivity index (χ1) is 8.78. The summed E-state index contributed by atoms with van der Waals surface area (Å²) in [6.45, 7) is 3.80. The van der Waals surface area contributed by atoms with Crippen LogP contribution < -0.4 is 10.6 Å². The Kier molecular flexibility index (Phi) is 4.75. The Balaban J connectivity index is 1.80. The second-order valence-electron chi connectivity index (χ2n) is 4.88. The van der Waals surface area contributed by atoms with Crippen LogP contribution in [-0.2, 0) is 0 Å². The number of rotatable bonds is 5. The zero-order valence-electron chi connectivity index (χ0n) is 10.9. The maximum atomic E-state index is 9.46. The van der Waals surface area contributed by atoms with E-state index in [1.807, 2.05) is 6.92 Å². The van der Waals surface area contributed by atoms with E-state index in [4.69, 9.17) is 0 Å². The molecule has 3 N–H and O–H groups in total.